The van der Waals surface area contributed by atoms with Crippen LogP contribution in [0.4, 0.5) is 11.4 Å². The summed E-state index contributed by atoms with van der Waals surface area (Å²) in [6, 6.07) is 16.8. The Labute approximate surface area is 195 Å². The van der Waals surface area contributed by atoms with Crippen LogP contribution in [0.15, 0.2) is 71.6 Å². The zero-order valence-electron chi connectivity index (χ0n) is 16.2. The van der Waals surface area contributed by atoms with Gasteiger partial charge in [-0.15, -0.1) is 0 Å². The Kier molecular flexibility index (Phi) is 7.33. The Hall–Kier alpha value is -2.45. The van der Waals surface area contributed by atoms with Crippen LogP contribution in [-0.2, 0) is 14.8 Å². The summed E-state index contributed by atoms with van der Waals surface area (Å²) in [5.74, 6) is -0.146. The molecule has 0 atom stereocenters. The van der Waals surface area contributed by atoms with Gasteiger partial charge in [0.15, 0.2) is 0 Å². The minimum absolute atomic E-state index is 0.0151. The summed E-state index contributed by atoms with van der Waals surface area (Å²) in [6.07, 6.45) is 0. The van der Waals surface area contributed by atoms with Gasteiger partial charge in [-0.05, 0) is 48.5 Å². The fraction of sp³-hybridized carbons (Fsp3) is 0.0952. The second kappa shape index (κ2) is 9.78. The number of benzene rings is 3. The molecule has 6 nitrogen and oxygen atoms in total. The molecule has 1 amide bonds. The van der Waals surface area contributed by atoms with Crippen LogP contribution in [0.3, 0.4) is 0 Å². The molecule has 0 heterocycles. The number of nitrogens with one attached hydrogen (secondary N) is 1. The maximum absolute atomic E-state index is 13.3. The van der Waals surface area contributed by atoms with Crippen molar-refractivity contribution < 1.29 is 17.9 Å². The Morgan fingerprint density at radius 2 is 1.68 bits per heavy atom. The molecule has 0 fully saturated rings. The monoisotopic (exact) mass is 498 g/mol. The highest BCUT2D eigenvalue weighted by molar-refractivity contribution is 7.92. The average Bonchev–Trinajstić information content (AvgIpc) is 2.73. The van der Waals surface area contributed by atoms with Gasteiger partial charge in [0.1, 0.15) is 12.3 Å². The summed E-state index contributed by atoms with van der Waals surface area (Å²) in [5, 5.41) is 3.36. The molecule has 0 radical (unpaired) electrons. The molecule has 0 saturated heterocycles. The fourth-order valence-corrected chi connectivity index (χ4v) is 5.06. The average molecular weight is 500 g/mol. The molecule has 10 heteroatoms. The van der Waals surface area contributed by atoms with Crippen LogP contribution >= 0.6 is 34.8 Å². The fourth-order valence-electron chi connectivity index (χ4n) is 2.78. The highest BCUT2D eigenvalue weighted by Gasteiger charge is 2.28. The molecule has 0 bridgehead atoms. The number of anilines is 2. The number of methoxy groups -OCH3 is 1. The minimum atomic E-state index is -4.10. The third-order valence-corrected chi connectivity index (χ3v) is 6.84. The first-order valence-electron chi connectivity index (χ1n) is 8.88. The molecule has 3 aromatic rings. The molecule has 0 aromatic heterocycles. The van der Waals surface area contributed by atoms with Crippen molar-refractivity contribution in [2.75, 3.05) is 23.3 Å². The number of hydrogen-bond acceptors (Lipinski definition) is 4. The van der Waals surface area contributed by atoms with Crippen molar-refractivity contribution in [3.8, 4) is 5.75 Å². The lowest BCUT2D eigenvalue weighted by Crippen LogP contribution is -2.38. The first kappa shape index (κ1) is 23.2. The van der Waals surface area contributed by atoms with Crippen LogP contribution in [0.2, 0.25) is 15.1 Å². The zero-order chi connectivity index (χ0) is 22.6. The normalized spacial score (nSPS) is 11.1. The van der Waals surface area contributed by atoms with Crippen LogP contribution in [0, 0.1) is 0 Å². The zero-order valence-corrected chi connectivity index (χ0v) is 19.3. The van der Waals surface area contributed by atoms with Gasteiger partial charge in [-0.2, -0.15) is 0 Å². The van der Waals surface area contributed by atoms with E-state index in [0.29, 0.717) is 21.5 Å². The molecule has 0 unspecified atom stereocenters. The third-order valence-electron chi connectivity index (χ3n) is 4.23. The predicted octanol–water partition coefficient (Wildman–Crippen LogP) is 5.49. The van der Waals surface area contributed by atoms with E-state index in [1.54, 1.807) is 30.3 Å². The quantitative estimate of drug-likeness (QED) is 0.466. The van der Waals surface area contributed by atoms with Gasteiger partial charge in [-0.3, -0.25) is 9.10 Å². The molecule has 0 aliphatic carbocycles. The number of ether oxygens (including phenoxy) is 1. The SMILES string of the molecule is COc1ccc(NC(=O)CN(c2ccc(Cl)cc2Cl)S(=O)(=O)c2ccccc2)cc1Cl. The molecule has 31 heavy (non-hydrogen) atoms. The molecular formula is C21H17Cl3N2O4S. The number of carbonyl (C=O) groups excluding carboxylic acids is 1. The number of sulfonamides is 1. The summed E-state index contributed by atoms with van der Waals surface area (Å²) in [7, 11) is -2.62. The van der Waals surface area contributed by atoms with Gasteiger partial charge >= 0.3 is 0 Å². The number of hydrogen-bond donors (Lipinski definition) is 1. The second-order valence-corrected chi connectivity index (χ2v) is 9.43. The van der Waals surface area contributed by atoms with E-state index < -0.39 is 22.5 Å². The Balaban J connectivity index is 1.95. The van der Waals surface area contributed by atoms with Crippen molar-refractivity contribution in [2.24, 2.45) is 0 Å². The van der Waals surface area contributed by atoms with Crippen molar-refractivity contribution in [2.45, 2.75) is 4.90 Å². The van der Waals surface area contributed by atoms with Crippen molar-refractivity contribution in [1.82, 2.24) is 0 Å². The Morgan fingerprint density at radius 3 is 2.29 bits per heavy atom. The second-order valence-electron chi connectivity index (χ2n) is 6.32. The molecule has 0 aliphatic rings. The maximum Gasteiger partial charge on any atom is 0.264 e. The summed E-state index contributed by atoms with van der Waals surface area (Å²) >= 11 is 18.3. The molecular weight excluding hydrogens is 483 g/mol. The minimum Gasteiger partial charge on any atom is -0.495 e. The van der Waals surface area contributed by atoms with E-state index in [4.69, 9.17) is 39.5 Å². The van der Waals surface area contributed by atoms with Gasteiger partial charge in [0.2, 0.25) is 5.91 Å². The number of nitrogens with zero attached hydrogens (tertiary/aromatic N) is 1. The van der Waals surface area contributed by atoms with E-state index in [1.807, 2.05) is 0 Å². The largest absolute Gasteiger partial charge is 0.495 e. The lowest BCUT2D eigenvalue weighted by Gasteiger charge is -2.25. The van der Waals surface area contributed by atoms with Gasteiger partial charge < -0.3 is 10.1 Å². The van der Waals surface area contributed by atoms with Crippen molar-refractivity contribution in [3.05, 3.63) is 81.8 Å². The molecule has 162 valence electrons. The standard InChI is InChI=1S/C21H17Cl3N2O4S/c1-30-20-10-8-15(12-18(20)24)25-21(27)13-26(19-9-7-14(22)11-17(19)23)31(28,29)16-5-3-2-4-6-16/h2-12H,13H2,1H3,(H,25,27). The van der Waals surface area contributed by atoms with Crippen molar-refractivity contribution in [1.29, 1.82) is 0 Å². The van der Waals surface area contributed by atoms with E-state index in [0.717, 1.165) is 4.31 Å². The topological polar surface area (TPSA) is 75.7 Å². The molecule has 0 aliphatic heterocycles. The van der Waals surface area contributed by atoms with Gasteiger partial charge in [0.05, 0.1) is 27.7 Å². The summed E-state index contributed by atoms with van der Waals surface area (Å²) < 4.78 is 32.6. The van der Waals surface area contributed by atoms with Crippen LogP contribution in [-0.4, -0.2) is 28.0 Å². The highest BCUT2D eigenvalue weighted by atomic mass is 35.5. The lowest BCUT2D eigenvalue weighted by atomic mass is 10.3. The van der Waals surface area contributed by atoms with Gasteiger partial charge in [-0.1, -0.05) is 53.0 Å². The van der Waals surface area contributed by atoms with Gasteiger partial charge in [0, 0.05) is 10.7 Å². The number of carbonyl (C=O) groups is 1. The Morgan fingerprint density at radius 1 is 0.968 bits per heavy atom. The van der Waals surface area contributed by atoms with E-state index in [9.17, 15) is 13.2 Å². The lowest BCUT2D eigenvalue weighted by molar-refractivity contribution is -0.114. The van der Waals surface area contributed by atoms with Crippen LogP contribution < -0.4 is 14.4 Å². The molecule has 0 spiro atoms. The molecule has 3 aromatic carbocycles. The number of rotatable bonds is 7. The van der Waals surface area contributed by atoms with E-state index in [1.165, 1.54) is 43.5 Å². The van der Waals surface area contributed by atoms with Crippen LogP contribution in [0.5, 0.6) is 5.75 Å². The molecule has 1 N–H and O–H groups in total. The van der Waals surface area contributed by atoms with Gasteiger partial charge in [-0.25, -0.2) is 8.42 Å². The van der Waals surface area contributed by atoms with E-state index in [-0.39, 0.29) is 15.6 Å². The van der Waals surface area contributed by atoms with Crippen molar-refractivity contribution >= 4 is 62.1 Å². The number of amides is 1. The molecule has 0 saturated carbocycles. The van der Waals surface area contributed by atoms with Crippen LogP contribution in [0.25, 0.3) is 0 Å². The van der Waals surface area contributed by atoms with Crippen molar-refractivity contribution in [3.63, 3.8) is 0 Å². The van der Waals surface area contributed by atoms with E-state index in [2.05, 4.69) is 5.32 Å². The molecule has 3 rings (SSSR count). The first-order chi connectivity index (χ1) is 14.7. The third kappa shape index (κ3) is 5.43. The van der Waals surface area contributed by atoms with Gasteiger partial charge in [0.25, 0.3) is 10.0 Å². The Bertz CT molecular complexity index is 1200. The summed E-state index contributed by atoms with van der Waals surface area (Å²) in [4.78, 5) is 12.8. The smallest absolute Gasteiger partial charge is 0.264 e. The van der Waals surface area contributed by atoms with Crippen LogP contribution in [0.1, 0.15) is 0 Å². The number of halogens is 3. The van der Waals surface area contributed by atoms with E-state index >= 15 is 0 Å². The highest BCUT2D eigenvalue weighted by Crippen LogP contribution is 2.33. The maximum atomic E-state index is 13.3. The predicted molar refractivity (Wildman–Crippen MR) is 124 cm³/mol. The summed E-state index contributed by atoms with van der Waals surface area (Å²) in [6.45, 7) is -0.526. The first-order valence-corrected chi connectivity index (χ1v) is 11.5. The summed E-state index contributed by atoms with van der Waals surface area (Å²) in [5.41, 5.74) is 0.507.